The molecular weight excluding hydrogens is 445 g/mol. The minimum absolute atomic E-state index is 0.0810. The molecule has 116 valence electrons. The zero-order chi connectivity index (χ0) is 16.5. The Morgan fingerprint density at radius 2 is 1.82 bits per heavy atom. The number of carbonyl (C=O) groups is 1. The summed E-state index contributed by atoms with van der Waals surface area (Å²) in [4.78, 5) is 11.0. The SMILES string of the molecule is O=C(O)c1cc(F)ccc1NS(=O)(=O)c1cc(Br)ccc1Br. The fourth-order valence-corrected chi connectivity index (χ4v) is 4.25. The van der Waals surface area contributed by atoms with Crippen LogP contribution in [0.1, 0.15) is 10.4 Å². The first kappa shape index (κ1) is 16.9. The first-order valence-corrected chi connectivity index (χ1v) is 8.78. The van der Waals surface area contributed by atoms with E-state index >= 15 is 0 Å². The van der Waals surface area contributed by atoms with Crippen molar-refractivity contribution in [2.75, 3.05) is 4.72 Å². The highest BCUT2D eigenvalue weighted by Gasteiger charge is 2.21. The molecule has 0 saturated carbocycles. The van der Waals surface area contributed by atoms with Crippen molar-refractivity contribution in [2.24, 2.45) is 0 Å². The van der Waals surface area contributed by atoms with E-state index in [0.717, 1.165) is 18.2 Å². The largest absolute Gasteiger partial charge is 0.478 e. The van der Waals surface area contributed by atoms with E-state index < -0.39 is 27.4 Å². The van der Waals surface area contributed by atoms with E-state index in [-0.39, 0.29) is 10.6 Å². The van der Waals surface area contributed by atoms with Gasteiger partial charge in [-0.2, -0.15) is 0 Å². The van der Waals surface area contributed by atoms with Gasteiger partial charge >= 0.3 is 5.97 Å². The molecule has 2 rings (SSSR count). The molecule has 2 N–H and O–H groups in total. The first-order valence-electron chi connectivity index (χ1n) is 5.71. The molecule has 0 radical (unpaired) electrons. The van der Waals surface area contributed by atoms with E-state index in [4.69, 9.17) is 5.11 Å². The summed E-state index contributed by atoms with van der Waals surface area (Å²) < 4.78 is 40.9. The number of hydrogen-bond donors (Lipinski definition) is 2. The van der Waals surface area contributed by atoms with Gasteiger partial charge in [0.05, 0.1) is 11.3 Å². The number of aromatic carboxylic acids is 1. The van der Waals surface area contributed by atoms with Crippen LogP contribution in [0.4, 0.5) is 10.1 Å². The van der Waals surface area contributed by atoms with Gasteiger partial charge < -0.3 is 5.11 Å². The van der Waals surface area contributed by atoms with Gasteiger partial charge in [-0.25, -0.2) is 17.6 Å². The average molecular weight is 453 g/mol. The summed E-state index contributed by atoms with van der Waals surface area (Å²) >= 11 is 6.29. The number of sulfonamides is 1. The second kappa shape index (κ2) is 6.35. The van der Waals surface area contributed by atoms with E-state index in [2.05, 4.69) is 36.6 Å². The molecule has 2 aromatic rings. The molecule has 0 aliphatic carbocycles. The molecule has 0 atom stereocenters. The average Bonchev–Trinajstić information content (AvgIpc) is 2.43. The third-order valence-electron chi connectivity index (χ3n) is 2.64. The van der Waals surface area contributed by atoms with Crippen LogP contribution in [-0.2, 0) is 10.0 Å². The summed E-state index contributed by atoms with van der Waals surface area (Å²) in [5.74, 6) is -2.21. The van der Waals surface area contributed by atoms with Gasteiger partial charge in [0, 0.05) is 8.95 Å². The van der Waals surface area contributed by atoms with Crippen LogP contribution >= 0.6 is 31.9 Å². The number of benzene rings is 2. The van der Waals surface area contributed by atoms with Crippen LogP contribution in [0.2, 0.25) is 0 Å². The molecule has 2 aromatic carbocycles. The second-order valence-corrected chi connectivity index (χ2v) is 7.60. The molecule has 0 amide bonds. The van der Waals surface area contributed by atoms with Gasteiger partial charge in [-0.15, -0.1) is 0 Å². The third-order valence-corrected chi connectivity index (χ3v) is 5.49. The van der Waals surface area contributed by atoms with Crippen molar-refractivity contribution in [1.29, 1.82) is 0 Å². The molecule has 0 bridgehead atoms. The standard InChI is InChI=1S/C13H8Br2FNO4S/c14-7-1-3-10(15)12(5-7)22(20,21)17-11-4-2-8(16)6-9(11)13(18)19/h1-6,17H,(H,18,19). The normalized spacial score (nSPS) is 11.2. The Labute approximate surface area is 142 Å². The van der Waals surface area contributed by atoms with Crippen molar-refractivity contribution >= 4 is 53.5 Å². The smallest absolute Gasteiger partial charge is 0.337 e. The van der Waals surface area contributed by atoms with Crippen LogP contribution in [0.3, 0.4) is 0 Å². The highest BCUT2D eigenvalue weighted by atomic mass is 79.9. The molecule has 0 spiro atoms. The van der Waals surface area contributed by atoms with Crippen molar-refractivity contribution < 1.29 is 22.7 Å². The number of carboxylic acid groups (broad SMARTS) is 1. The fraction of sp³-hybridized carbons (Fsp3) is 0. The maximum Gasteiger partial charge on any atom is 0.337 e. The van der Waals surface area contributed by atoms with E-state index in [0.29, 0.717) is 8.95 Å². The Bertz CT molecular complexity index is 855. The molecule has 0 aliphatic heterocycles. The van der Waals surface area contributed by atoms with E-state index in [1.54, 1.807) is 6.07 Å². The number of hydrogen-bond acceptors (Lipinski definition) is 3. The number of halogens is 3. The molecule has 0 aliphatic rings. The lowest BCUT2D eigenvalue weighted by Gasteiger charge is -2.12. The number of rotatable bonds is 4. The van der Waals surface area contributed by atoms with Crippen LogP contribution in [-0.4, -0.2) is 19.5 Å². The van der Waals surface area contributed by atoms with E-state index in [1.165, 1.54) is 12.1 Å². The predicted molar refractivity (Wildman–Crippen MR) is 86.0 cm³/mol. The van der Waals surface area contributed by atoms with Crippen molar-refractivity contribution in [2.45, 2.75) is 4.90 Å². The summed E-state index contributed by atoms with van der Waals surface area (Å²) in [5, 5.41) is 9.04. The minimum atomic E-state index is -4.05. The highest BCUT2D eigenvalue weighted by Crippen LogP contribution is 2.28. The zero-order valence-electron chi connectivity index (χ0n) is 10.7. The van der Waals surface area contributed by atoms with E-state index in [1.807, 2.05) is 0 Å². The van der Waals surface area contributed by atoms with Gasteiger partial charge in [0.15, 0.2) is 0 Å². The molecule has 9 heteroatoms. The summed E-state index contributed by atoms with van der Waals surface area (Å²) in [7, 11) is -4.05. The lowest BCUT2D eigenvalue weighted by molar-refractivity contribution is 0.0697. The lowest BCUT2D eigenvalue weighted by Crippen LogP contribution is -2.16. The van der Waals surface area contributed by atoms with Gasteiger partial charge in [-0.1, -0.05) is 15.9 Å². The fourth-order valence-electron chi connectivity index (χ4n) is 1.67. The molecular formula is C13H8Br2FNO4S. The third kappa shape index (κ3) is 3.65. The van der Waals surface area contributed by atoms with Crippen LogP contribution in [0.25, 0.3) is 0 Å². The van der Waals surface area contributed by atoms with Crippen LogP contribution in [0.5, 0.6) is 0 Å². The molecule has 0 saturated heterocycles. The Hall–Kier alpha value is -1.45. The van der Waals surface area contributed by atoms with Gasteiger partial charge in [0.2, 0.25) is 0 Å². The minimum Gasteiger partial charge on any atom is -0.478 e. The molecule has 0 unspecified atom stereocenters. The summed E-state index contributed by atoms with van der Waals surface area (Å²) in [6, 6.07) is 7.31. The topological polar surface area (TPSA) is 83.5 Å². The van der Waals surface area contributed by atoms with Gasteiger partial charge in [-0.3, -0.25) is 4.72 Å². The van der Waals surface area contributed by atoms with Crippen LogP contribution in [0.15, 0.2) is 50.2 Å². The van der Waals surface area contributed by atoms with Crippen LogP contribution < -0.4 is 4.72 Å². The van der Waals surface area contributed by atoms with Crippen LogP contribution in [0, 0.1) is 5.82 Å². The Morgan fingerprint density at radius 3 is 2.45 bits per heavy atom. The van der Waals surface area contributed by atoms with Gasteiger partial charge in [-0.05, 0) is 52.3 Å². The lowest BCUT2D eigenvalue weighted by atomic mass is 10.2. The second-order valence-electron chi connectivity index (χ2n) is 4.18. The van der Waals surface area contributed by atoms with Crippen molar-refractivity contribution in [1.82, 2.24) is 0 Å². The van der Waals surface area contributed by atoms with Gasteiger partial charge in [0.1, 0.15) is 10.7 Å². The Kier molecular flexibility index (Phi) is 4.88. The molecule has 0 fully saturated rings. The summed E-state index contributed by atoms with van der Waals surface area (Å²) in [6.45, 7) is 0. The quantitative estimate of drug-likeness (QED) is 0.737. The maximum atomic E-state index is 13.1. The molecule has 5 nitrogen and oxygen atoms in total. The maximum absolute atomic E-state index is 13.1. The van der Waals surface area contributed by atoms with Crippen molar-refractivity contribution in [3.05, 3.63) is 56.7 Å². The first-order chi connectivity index (χ1) is 10.2. The predicted octanol–water partition coefficient (Wildman–Crippen LogP) is 3.85. The van der Waals surface area contributed by atoms with Gasteiger partial charge in [0.25, 0.3) is 10.0 Å². The zero-order valence-corrected chi connectivity index (χ0v) is 14.7. The number of nitrogens with one attached hydrogen (secondary N) is 1. The molecule has 0 heterocycles. The monoisotopic (exact) mass is 451 g/mol. The number of carboxylic acids is 1. The van der Waals surface area contributed by atoms with Crippen molar-refractivity contribution in [3.8, 4) is 0 Å². The van der Waals surface area contributed by atoms with E-state index in [9.17, 15) is 17.6 Å². The van der Waals surface area contributed by atoms with Crippen molar-refractivity contribution in [3.63, 3.8) is 0 Å². The molecule has 22 heavy (non-hydrogen) atoms. The Balaban J connectivity index is 2.50. The highest BCUT2D eigenvalue weighted by molar-refractivity contribution is 9.11. The summed E-state index contributed by atoms with van der Waals surface area (Å²) in [6.07, 6.45) is 0. The summed E-state index contributed by atoms with van der Waals surface area (Å²) in [5.41, 5.74) is -0.699. The number of anilines is 1. The Morgan fingerprint density at radius 1 is 1.14 bits per heavy atom. The molecule has 0 aromatic heterocycles.